The Bertz CT molecular complexity index is 846. The average molecular weight is 362 g/mol. The van der Waals surface area contributed by atoms with Crippen molar-refractivity contribution >= 4 is 21.7 Å². The molecule has 0 atom stereocenters. The van der Waals surface area contributed by atoms with E-state index in [9.17, 15) is 18.0 Å². The fourth-order valence-electron chi connectivity index (χ4n) is 2.53. The number of imidazole rings is 1. The van der Waals surface area contributed by atoms with Gasteiger partial charge in [-0.2, -0.15) is 0 Å². The van der Waals surface area contributed by atoms with Gasteiger partial charge in [0.15, 0.2) is 9.84 Å². The Balaban J connectivity index is 1.53. The maximum atomic E-state index is 12.1. The lowest BCUT2D eigenvalue weighted by Gasteiger charge is -2.26. The van der Waals surface area contributed by atoms with Gasteiger partial charge in [-0.25, -0.2) is 13.4 Å². The Labute approximate surface area is 145 Å². The van der Waals surface area contributed by atoms with E-state index in [1.165, 1.54) is 4.90 Å². The van der Waals surface area contributed by atoms with E-state index in [4.69, 9.17) is 0 Å². The van der Waals surface area contributed by atoms with Crippen LogP contribution in [0.4, 0.5) is 0 Å². The molecule has 2 amide bonds. The number of nitrogens with zero attached hydrogens (tertiary/aromatic N) is 3. The summed E-state index contributed by atoms with van der Waals surface area (Å²) in [5.41, 5.74) is 1.32. The molecule has 0 spiro atoms. The highest BCUT2D eigenvalue weighted by Crippen LogP contribution is 2.09. The van der Waals surface area contributed by atoms with Crippen LogP contribution in [0.5, 0.6) is 0 Å². The number of carbonyl (C=O) groups is 2. The van der Waals surface area contributed by atoms with Gasteiger partial charge in [-0.1, -0.05) is 0 Å². The summed E-state index contributed by atoms with van der Waals surface area (Å²) in [5, 5.41) is 2.57. The Morgan fingerprint density at radius 3 is 2.40 bits per heavy atom. The van der Waals surface area contributed by atoms with Gasteiger partial charge in [0.2, 0.25) is 5.91 Å². The Kier molecular flexibility index (Phi) is 4.84. The lowest BCUT2D eigenvalue weighted by Crippen LogP contribution is -2.47. The van der Waals surface area contributed by atoms with Crippen molar-refractivity contribution in [3.05, 3.63) is 48.5 Å². The van der Waals surface area contributed by atoms with Crippen molar-refractivity contribution in [1.29, 1.82) is 0 Å². The van der Waals surface area contributed by atoms with Crippen LogP contribution in [-0.2, 0) is 14.6 Å². The molecule has 0 radical (unpaired) electrons. The van der Waals surface area contributed by atoms with Gasteiger partial charge >= 0.3 is 0 Å². The van der Waals surface area contributed by atoms with Crippen LogP contribution in [0.3, 0.4) is 0 Å². The van der Waals surface area contributed by atoms with Crippen LogP contribution in [0.2, 0.25) is 0 Å². The zero-order valence-electron chi connectivity index (χ0n) is 13.5. The van der Waals surface area contributed by atoms with Crippen LogP contribution in [0, 0.1) is 0 Å². The third-order valence-corrected chi connectivity index (χ3v) is 5.64. The topological polar surface area (TPSA) is 101 Å². The minimum atomic E-state index is -3.03. The maximum Gasteiger partial charge on any atom is 0.251 e. The Morgan fingerprint density at radius 1 is 1.12 bits per heavy atom. The molecule has 2 heterocycles. The second-order valence-electron chi connectivity index (χ2n) is 5.73. The molecule has 9 heteroatoms. The first-order valence-corrected chi connectivity index (χ1v) is 9.61. The highest BCUT2D eigenvalue weighted by Gasteiger charge is 2.25. The lowest BCUT2D eigenvalue weighted by atomic mass is 10.2. The first kappa shape index (κ1) is 17.2. The molecule has 1 fully saturated rings. The van der Waals surface area contributed by atoms with Crippen LogP contribution in [0.15, 0.2) is 43.0 Å². The molecule has 1 aromatic carbocycles. The second-order valence-corrected chi connectivity index (χ2v) is 8.04. The van der Waals surface area contributed by atoms with Gasteiger partial charge in [0.25, 0.3) is 5.91 Å². The van der Waals surface area contributed by atoms with Crippen molar-refractivity contribution in [1.82, 2.24) is 19.8 Å². The van der Waals surface area contributed by atoms with E-state index in [0.29, 0.717) is 5.56 Å². The molecule has 0 bridgehead atoms. The molecule has 0 aliphatic carbocycles. The molecule has 0 saturated carbocycles. The fraction of sp³-hybridized carbons (Fsp3) is 0.312. The summed E-state index contributed by atoms with van der Waals surface area (Å²) in [5.74, 6) is -0.682. The zero-order chi connectivity index (χ0) is 17.9. The molecule has 0 unspecified atom stereocenters. The standard InChI is InChI=1S/C16H18N4O4S/c21-15(19-7-9-25(23,24)10-8-19)11-18-16(22)13-1-3-14(4-2-13)20-6-5-17-12-20/h1-6,12H,7-11H2,(H,18,22). The number of carbonyl (C=O) groups excluding carboxylic acids is 2. The fourth-order valence-corrected chi connectivity index (χ4v) is 3.73. The number of hydrogen-bond acceptors (Lipinski definition) is 5. The number of amides is 2. The summed E-state index contributed by atoms with van der Waals surface area (Å²) in [4.78, 5) is 29.6. The van der Waals surface area contributed by atoms with Crippen LogP contribution >= 0.6 is 0 Å². The van der Waals surface area contributed by atoms with E-state index >= 15 is 0 Å². The van der Waals surface area contributed by atoms with E-state index in [1.807, 2.05) is 4.57 Å². The van der Waals surface area contributed by atoms with Gasteiger partial charge < -0.3 is 14.8 Å². The first-order chi connectivity index (χ1) is 11.9. The predicted molar refractivity (Wildman–Crippen MR) is 91.1 cm³/mol. The van der Waals surface area contributed by atoms with Gasteiger partial charge in [0, 0.05) is 36.7 Å². The minimum Gasteiger partial charge on any atom is -0.343 e. The third-order valence-electron chi connectivity index (χ3n) is 4.03. The number of nitrogens with one attached hydrogen (secondary N) is 1. The van der Waals surface area contributed by atoms with Crippen molar-refractivity contribution < 1.29 is 18.0 Å². The molecule has 1 aliphatic heterocycles. The summed E-state index contributed by atoms with van der Waals surface area (Å²) in [7, 11) is -3.03. The quantitative estimate of drug-likeness (QED) is 0.816. The van der Waals surface area contributed by atoms with Crippen LogP contribution in [0.25, 0.3) is 5.69 Å². The van der Waals surface area contributed by atoms with Crippen molar-refractivity contribution in [2.45, 2.75) is 0 Å². The number of benzene rings is 1. The third kappa shape index (κ3) is 4.24. The second kappa shape index (κ2) is 7.06. The normalized spacial score (nSPS) is 16.4. The van der Waals surface area contributed by atoms with Gasteiger partial charge in [0.1, 0.15) is 0 Å². The first-order valence-electron chi connectivity index (χ1n) is 7.79. The molecular formula is C16H18N4O4S. The number of rotatable bonds is 4. The summed E-state index contributed by atoms with van der Waals surface area (Å²) in [6, 6.07) is 6.91. The van der Waals surface area contributed by atoms with Crippen molar-refractivity contribution in [3.63, 3.8) is 0 Å². The van der Waals surface area contributed by atoms with Crippen molar-refractivity contribution in [2.75, 3.05) is 31.1 Å². The maximum absolute atomic E-state index is 12.1. The molecule has 8 nitrogen and oxygen atoms in total. The van der Waals surface area contributed by atoms with Crippen molar-refractivity contribution in [3.8, 4) is 5.69 Å². The summed E-state index contributed by atoms with van der Waals surface area (Å²) in [6.07, 6.45) is 5.12. The van der Waals surface area contributed by atoms with Gasteiger partial charge in [-0.15, -0.1) is 0 Å². The van der Waals surface area contributed by atoms with Crippen LogP contribution in [-0.4, -0.2) is 65.8 Å². The molecule has 132 valence electrons. The number of hydrogen-bond donors (Lipinski definition) is 1. The summed E-state index contributed by atoms with van der Waals surface area (Å²) in [6.45, 7) is 0.204. The molecule has 1 aromatic heterocycles. The molecule has 3 rings (SSSR count). The molecular weight excluding hydrogens is 344 g/mol. The average Bonchev–Trinajstić information content (AvgIpc) is 3.14. The number of aromatic nitrogens is 2. The number of sulfone groups is 1. The van der Waals surface area contributed by atoms with E-state index in [1.54, 1.807) is 43.0 Å². The van der Waals surface area contributed by atoms with E-state index in [0.717, 1.165) is 5.69 Å². The highest BCUT2D eigenvalue weighted by molar-refractivity contribution is 7.91. The van der Waals surface area contributed by atoms with E-state index in [2.05, 4.69) is 10.3 Å². The van der Waals surface area contributed by atoms with Crippen LogP contribution in [0.1, 0.15) is 10.4 Å². The Morgan fingerprint density at radius 2 is 1.80 bits per heavy atom. The monoisotopic (exact) mass is 362 g/mol. The van der Waals surface area contributed by atoms with Crippen molar-refractivity contribution in [2.24, 2.45) is 0 Å². The molecule has 25 heavy (non-hydrogen) atoms. The van der Waals surface area contributed by atoms with E-state index < -0.39 is 9.84 Å². The zero-order valence-corrected chi connectivity index (χ0v) is 14.3. The van der Waals surface area contributed by atoms with Gasteiger partial charge in [-0.05, 0) is 24.3 Å². The molecule has 1 aliphatic rings. The summed E-state index contributed by atoms with van der Waals surface area (Å²) < 4.78 is 24.6. The smallest absolute Gasteiger partial charge is 0.251 e. The molecule has 1 saturated heterocycles. The van der Waals surface area contributed by atoms with E-state index in [-0.39, 0.29) is 43.0 Å². The SMILES string of the molecule is O=C(NCC(=O)N1CCS(=O)(=O)CC1)c1ccc(-n2ccnc2)cc1. The lowest BCUT2D eigenvalue weighted by molar-refractivity contribution is -0.129. The van der Waals surface area contributed by atoms with Gasteiger partial charge in [-0.3, -0.25) is 9.59 Å². The largest absolute Gasteiger partial charge is 0.343 e. The molecule has 1 N–H and O–H groups in total. The highest BCUT2D eigenvalue weighted by atomic mass is 32.2. The summed E-state index contributed by atoms with van der Waals surface area (Å²) >= 11 is 0. The minimum absolute atomic E-state index is 0.0254. The Hall–Kier alpha value is -2.68. The predicted octanol–water partition coefficient (Wildman–Crippen LogP) is -0.141. The molecule has 2 aromatic rings. The van der Waals surface area contributed by atoms with Gasteiger partial charge in [0.05, 0.1) is 24.4 Å². The van der Waals surface area contributed by atoms with Crippen LogP contribution < -0.4 is 5.32 Å².